The zero-order valence-electron chi connectivity index (χ0n) is 11.0. The fourth-order valence-corrected chi connectivity index (χ4v) is 2.18. The molecule has 5 heteroatoms. The Kier molecular flexibility index (Phi) is 3.48. The number of benzene rings is 1. The molecule has 1 fully saturated rings. The van der Waals surface area contributed by atoms with E-state index in [1.165, 1.54) is 25.0 Å². The molecule has 3 rings (SSSR count). The van der Waals surface area contributed by atoms with Gasteiger partial charge in [0.2, 0.25) is 0 Å². The fraction of sp³-hybridized carbons (Fsp3) is 0.333. The zero-order valence-corrected chi connectivity index (χ0v) is 11.0. The predicted molar refractivity (Wildman–Crippen MR) is 72.3 cm³/mol. The number of nitrogens with zero attached hydrogens (tertiary/aromatic N) is 3. The average Bonchev–Trinajstić information content (AvgIpc) is 3.16. The van der Waals surface area contributed by atoms with Crippen LogP contribution in [0.2, 0.25) is 0 Å². The summed E-state index contributed by atoms with van der Waals surface area (Å²) < 4.78 is 15.4. The summed E-state index contributed by atoms with van der Waals surface area (Å²) in [5.41, 5.74) is 1.12. The molecular formula is C15H15FN4. The van der Waals surface area contributed by atoms with Crippen molar-refractivity contribution in [3.8, 4) is 6.07 Å². The molecule has 20 heavy (non-hydrogen) atoms. The Morgan fingerprint density at radius 2 is 2.25 bits per heavy atom. The van der Waals surface area contributed by atoms with Crippen molar-refractivity contribution in [2.75, 3.05) is 0 Å². The van der Waals surface area contributed by atoms with Crippen LogP contribution in [0.15, 0.2) is 30.6 Å². The minimum Gasteiger partial charge on any atom is -0.329 e. The third kappa shape index (κ3) is 3.03. The molecule has 4 nitrogen and oxygen atoms in total. The van der Waals surface area contributed by atoms with Crippen LogP contribution in [0.5, 0.6) is 0 Å². The highest BCUT2D eigenvalue weighted by Crippen LogP contribution is 2.19. The molecule has 1 aromatic carbocycles. The number of aromatic nitrogens is 2. The van der Waals surface area contributed by atoms with Gasteiger partial charge >= 0.3 is 0 Å². The predicted octanol–water partition coefficient (Wildman–Crippen LogP) is 2.19. The minimum atomic E-state index is -0.378. The van der Waals surface area contributed by atoms with Crippen molar-refractivity contribution in [1.29, 1.82) is 5.26 Å². The van der Waals surface area contributed by atoms with E-state index >= 15 is 0 Å². The zero-order chi connectivity index (χ0) is 13.9. The van der Waals surface area contributed by atoms with Gasteiger partial charge in [-0.3, -0.25) is 0 Å². The largest absolute Gasteiger partial charge is 0.329 e. The Labute approximate surface area is 116 Å². The lowest BCUT2D eigenvalue weighted by Crippen LogP contribution is -2.19. The molecule has 0 bridgehead atoms. The highest BCUT2D eigenvalue weighted by molar-refractivity contribution is 5.33. The summed E-state index contributed by atoms with van der Waals surface area (Å²) in [6.07, 6.45) is 6.08. The van der Waals surface area contributed by atoms with E-state index in [4.69, 9.17) is 5.26 Å². The van der Waals surface area contributed by atoms with Gasteiger partial charge in [-0.05, 0) is 36.6 Å². The summed E-state index contributed by atoms with van der Waals surface area (Å²) in [4.78, 5) is 4.32. The fourth-order valence-electron chi connectivity index (χ4n) is 2.18. The third-order valence-electron chi connectivity index (χ3n) is 3.37. The van der Waals surface area contributed by atoms with E-state index in [-0.39, 0.29) is 5.82 Å². The van der Waals surface area contributed by atoms with Crippen LogP contribution in [-0.4, -0.2) is 15.6 Å². The summed E-state index contributed by atoms with van der Waals surface area (Å²) >= 11 is 0. The summed E-state index contributed by atoms with van der Waals surface area (Å²) in [6.45, 7) is 1.24. The van der Waals surface area contributed by atoms with E-state index in [9.17, 15) is 4.39 Å². The maximum absolute atomic E-state index is 13.4. The van der Waals surface area contributed by atoms with Gasteiger partial charge in [-0.1, -0.05) is 0 Å². The number of nitriles is 1. The van der Waals surface area contributed by atoms with Crippen LogP contribution in [0.4, 0.5) is 4.39 Å². The van der Waals surface area contributed by atoms with Crippen molar-refractivity contribution in [2.45, 2.75) is 32.0 Å². The van der Waals surface area contributed by atoms with E-state index in [0.29, 0.717) is 18.2 Å². The second-order valence-corrected chi connectivity index (χ2v) is 5.09. The van der Waals surface area contributed by atoms with Crippen molar-refractivity contribution >= 4 is 0 Å². The number of hydrogen-bond donors (Lipinski definition) is 1. The lowest BCUT2D eigenvalue weighted by atomic mass is 10.1. The van der Waals surface area contributed by atoms with Gasteiger partial charge in [0.1, 0.15) is 11.6 Å². The molecule has 0 unspecified atom stereocenters. The second-order valence-electron chi connectivity index (χ2n) is 5.09. The molecular weight excluding hydrogens is 255 g/mol. The van der Waals surface area contributed by atoms with Gasteiger partial charge in [-0.15, -0.1) is 0 Å². The summed E-state index contributed by atoms with van der Waals surface area (Å²) in [6, 6.07) is 7.01. The number of nitrogens with one attached hydrogen (secondary N) is 1. The molecule has 2 aromatic rings. The van der Waals surface area contributed by atoms with Crippen LogP contribution in [-0.2, 0) is 13.1 Å². The van der Waals surface area contributed by atoms with Gasteiger partial charge in [0.25, 0.3) is 0 Å². The molecule has 102 valence electrons. The number of hydrogen-bond acceptors (Lipinski definition) is 3. The first-order valence-electron chi connectivity index (χ1n) is 6.67. The molecule has 0 saturated heterocycles. The molecule has 1 heterocycles. The Bertz CT molecular complexity index is 652. The molecule has 0 spiro atoms. The topological polar surface area (TPSA) is 53.6 Å². The summed E-state index contributed by atoms with van der Waals surface area (Å²) in [7, 11) is 0. The molecule has 0 amide bonds. The van der Waals surface area contributed by atoms with Crippen molar-refractivity contribution in [3.05, 3.63) is 53.4 Å². The normalized spacial score (nSPS) is 14.2. The lowest BCUT2D eigenvalue weighted by Gasteiger charge is -2.09. The van der Waals surface area contributed by atoms with E-state index < -0.39 is 0 Å². The average molecular weight is 270 g/mol. The Balaban J connectivity index is 1.75. The Morgan fingerprint density at radius 1 is 1.40 bits per heavy atom. The van der Waals surface area contributed by atoms with E-state index in [1.54, 1.807) is 12.3 Å². The van der Waals surface area contributed by atoms with E-state index in [0.717, 1.165) is 17.9 Å². The van der Waals surface area contributed by atoms with Crippen molar-refractivity contribution in [1.82, 2.24) is 14.9 Å². The van der Waals surface area contributed by atoms with Crippen LogP contribution in [0.25, 0.3) is 0 Å². The highest BCUT2D eigenvalue weighted by Gasteiger charge is 2.20. The first-order valence-corrected chi connectivity index (χ1v) is 6.67. The maximum atomic E-state index is 13.4. The van der Waals surface area contributed by atoms with Crippen molar-refractivity contribution < 1.29 is 4.39 Å². The van der Waals surface area contributed by atoms with Crippen LogP contribution >= 0.6 is 0 Å². The van der Waals surface area contributed by atoms with Crippen LogP contribution in [0.1, 0.15) is 29.8 Å². The van der Waals surface area contributed by atoms with Crippen molar-refractivity contribution in [3.63, 3.8) is 0 Å². The third-order valence-corrected chi connectivity index (χ3v) is 3.37. The number of rotatable bonds is 5. The van der Waals surface area contributed by atoms with Gasteiger partial charge in [0, 0.05) is 25.0 Å². The quantitative estimate of drug-likeness (QED) is 0.906. The van der Waals surface area contributed by atoms with E-state index in [1.807, 2.05) is 16.8 Å². The van der Waals surface area contributed by atoms with Gasteiger partial charge in [-0.25, -0.2) is 9.37 Å². The first kappa shape index (κ1) is 12.8. The molecule has 1 aromatic heterocycles. The maximum Gasteiger partial charge on any atom is 0.124 e. The SMILES string of the molecule is N#Cc1cc(F)cc(Cn2ccnc2CNC2CC2)c1. The monoisotopic (exact) mass is 270 g/mol. The molecule has 0 radical (unpaired) electrons. The van der Waals surface area contributed by atoms with Crippen LogP contribution in [0.3, 0.4) is 0 Å². The molecule has 1 aliphatic rings. The van der Waals surface area contributed by atoms with Gasteiger partial charge in [0.05, 0.1) is 18.2 Å². The van der Waals surface area contributed by atoms with Gasteiger partial charge in [-0.2, -0.15) is 5.26 Å². The van der Waals surface area contributed by atoms with Gasteiger partial charge < -0.3 is 9.88 Å². The number of imidazole rings is 1. The highest BCUT2D eigenvalue weighted by atomic mass is 19.1. The Morgan fingerprint density at radius 3 is 3.00 bits per heavy atom. The molecule has 1 aliphatic carbocycles. The van der Waals surface area contributed by atoms with Gasteiger partial charge in [0.15, 0.2) is 0 Å². The Hall–Kier alpha value is -2.19. The van der Waals surface area contributed by atoms with E-state index in [2.05, 4.69) is 10.3 Å². The molecule has 1 N–H and O–H groups in total. The number of halogens is 1. The molecule has 0 atom stereocenters. The molecule has 0 aliphatic heterocycles. The smallest absolute Gasteiger partial charge is 0.124 e. The first-order chi connectivity index (χ1) is 9.74. The molecule has 1 saturated carbocycles. The standard InChI is InChI=1S/C15H15FN4/c16-13-6-11(8-17)5-12(7-13)10-20-4-3-18-15(20)9-19-14-1-2-14/h3-7,14,19H,1-2,9-10H2. The van der Waals surface area contributed by atoms with Crippen molar-refractivity contribution in [2.24, 2.45) is 0 Å². The van der Waals surface area contributed by atoms with Crippen LogP contribution < -0.4 is 5.32 Å². The summed E-state index contributed by atoms with van der Waals surface area (Å²) in [5, 5.41) is 12.3. The minimum absolute atomic E-state index is 0.345. The summed E-state index contributed by atoms with van der Waals surface area (Å²) in [5.74, 6) is 0.552. The lowest BCUT2D eigenvalue weighted by molar-refractivity contribution is 0.609. The van der Waals surface area contributed by atoms with Crippen LogP contribution in [0, 0.1) is 17.1 Å². The second kappa shape index (κ2) is 5.43.